The number of aromatic nitrogens is 2. The third kappa shape index (κ3) is 1.99. The Morgan fingerprint density at radius 2 is 1.89 bits per heavy atom. The summed E-state index contributed by atoms with van der Waals surface area (Å²) in [5.74, 6) is 0.405. The zero-order valence-electron chi connectivity index (χ0n) is 9.78. The molecule has 0 bridgehead atoms. The van der Waals surface area contributed by atoms with Gasteiger partial charge in [0.1, 0.15) is 11.6 Å². The third-order valence-electron chi connectivity index (χ3n) is 2.91. The van der Waals surface area contributed by atoms with Gasteiger partial charge in [-0.05, 0) is 24.3 Å². The Bertz CT molecular complexity index is 752. The lowest BCUT2D eigenvalue weighted by Gasteiger charge is -2.09. The molecule has 19 heavy (non-hydrogen) atoms. The Morgan fingerprint density at radius 3 is 2.63 bits per heavy atom. The highest BCUT2D eigenvalue weighted by molar-refractivity contribution is 6.35. The van der Waals surface area contributed by atoms with Crippen molar-refractivity contribution in [2.24, 2.45) is 0 Å². The number of hydrogen-bond donors (Lipinski definition) is 0. The average Bonchev–Trinajstić information content (AvgIpc) is 2.79. The van der Waals surface area contributed by atoms with Crippen molar-refractivity contribution >= 4 is 34.2 Å². The summed E-state index contributed by atoms with van der Waals surface area (Å²) in [6, 6.07) is 11.9. The van der Waals surface area contributed by atoms with Crippen LogP contribution in [0.25, 0.3) is 16.7 Å². The summed E-state index contributed by atoms with van der Waals surface area (Å²) >= 11 is 12.1. The lowest BCUT2D eigenvalue weighted by atomic mass is 10.2. The van der Waals surface area contributed by atoms with E-state index in [1.165, 1.54) is 6.07 Å². The molecule has 0 spiro atoms. The largest absolute Gasteiger partial charge is 0.291 e. The van der Waals surface area contributed by atoms with Crippen LogP contribution in [0.2, 0.25) is 5.02 Å². The summed E-state index contributed by atoms with van der Waals surface area (Å²) in [7, 11) is 0. The molecule has 0 saturated heterocycles. The molecule has 0 amide bonds. The van der Waals surface area contributed by atoms with Crippen LogP contribution in [0.3, 0.4) is 0 Å². The number of halogens is 3. The van der Waals surface area contributed by atoms with Crippen molar-refractivity contribution in [3.05, 3.63) is 59.1 Å². The second kappa shape index (κ2) is 4.83. The van der Waals surface area contributed by atoms with Gasteiger partial charge in [-0.15, -0.1) is 11.6 Å². The zero-order valence-corrected chi connectivity index (χ0v) is 11.3. The lowest BCUT2D eigenvalue weighted by molar-refractivity contribution is 0.618. The molecule has 0 aliphatic heterocycles. The normalized spacial score (nSPS) is 11.1. The van der Waals surface area contributed by atoms with Crippen LogP contribution < -0.4 is 0 Å². The van der Waals surface area contributed by atoms with Crippen molar-refractivity contribution in [2.75, 3.05) is 0 Å². The van der Waals surface area contributed by atoms with Crippen LogP contribution in [-0.4, -0.2) is 9.55 Å². The van der Waals surface area contributed by atoms with Crippen LogP contribution in [0, 0.1) is 5.82 Å². The topological polar surface area (TPSA) is 17.8 Å². The second-order valence-electron chi connectivity index (χ2n) is 4.06. The van der Waals surface area contributed by atoms with E-state index in [1.807, 2.05) is 6.07 Å². The number of hydrogen-bond acceptors (Lipinski definition) is 1. The van der Waals surface area contributed by atoms with E-state index in [9.17, 15) is 4.39 Å². The van der Waals surface area contributed by atoms with Gasteiger partial charge < -0.3 is 0 Å². The van der Waals surface area contributed by atoms with Crippen LogP contribution in [-0.2, 0) is 5.88 Å². The molecule has 0 aliphatic carbocycles. The van der Waals surface area contributed by atoms with Crippen molar-refractivity contribution in [3.63, 3.8) is 0 Å². The molecule has 2 aromatic carbocycles. The number of imidazole rings is 1. The van der Waals surface area contributed by atoms with E-state index >= 15 is 0 Å². The van der Waals surface area contributed by atoms with Gasteiger partial charge in [0.15, 0.2) is 0 Å². The fourth-order valence-electron chi connectivity index (χ4n) is 2.12. The van der Waals surface area contributed by atoms with Crippen LogP contribution in [0.1, 0.15) is 5.82 Å². The Labute approximate surface area is 119 Å². The quantitative estimate of drug-likeness (QED) is 0.634. The standard InChI is InChI=1S/C14H9Cl2FN2/c15-8-13-18-11-6-3-4-9(16)14(11)19(13)12-7-2-1-5-10(12)17/h1-7H,8H2. The molecule has 1 aromatic heterocycles. The van der Waals surface area contributed by atoms with Gasteiger partial charge in [-0.25, -0.2) is 9.37 Å². The minimum Gasteiger partial charge on any atom is -0.291 e. The number of rotatable bonds is 2. The van der Waals surface area contributed by atoms with E-state index in [0.29, 0.717) is 27.6 Å². The molecule has 0 radical (unpaired) electrons. The Morgan fingerprint density at radius 1 is 1.11 bits per heavy atom. The Kier molecular flexibility index (Phi) is 3.17. The molecular formula is C14H9Cl2FN2. The van der Waals surface area contributed by atoms with Crippen LogP contribution in [0.5, 0.6) is 0 Å². The van der Waals surface area contributed by atoms with Crippen molar-refractivity contribution in [1.82, 2.24) is 9.55 Å². The van der Waals surface area contributed by atoms with E-state index in [-0.39, 0.29) is 11.7 Å². The number of benzene rings is 2. The van der Waals surface area contributed by atoms with Gasteiger partial charge in [0, 0.05) is 0 Å². The van der Waals surface area contributed by atoms with Crippen LogP contribution >= 0.6 is 23.2 Å². The molecule has 0 saturated carbocycles. The highest BCUT2D eigenvalue weighted by Crippen LogP contribution is 2.29. The molecule has 3 rings (SSSR count). The number of nitrogens with zero attached hydrogens (tertiary/aromatic N) is 2. The minimum absolute atomic E-state index is 0.180. The van der Waals surface area contributed by atoms with E-state index < -0.39 is 0 Å². The van der Waals surface area contributed by atoms with Crippen LogP contribution in [0.4, 0.5) is 4.39 Å². The lowest BCUT2D eigenvalue weighted by Crippen LogP contribution is -2.02. The molecule has 0 N–H and O–H groups in total. The molecule has 0 aliphatic rings. The average molecular weight is 295 g/mol. The maximum atomic E-state index is 14.0. The molecule has 3 aromatic rings. The smallest absolute Gasteiger partial charge is 0.147 e. The van der Waals surface area contributed by atoms with E-state index in [2.05, 4.69) is 4.98 Å². The highest BCUT2D eigenvalue weighted by atomic mass is 35.5. The monoisotopic (exact) mass is 294 g/mol. The third-order valence-corrected chi connectivity index (χ3v) is 3.45. The second-order valence-corrected chi connectivity index (χ2v) is 4.73. The first kappa shape index (κ1) is 12.5. The Balaban J connectivity index is 2.42. The van der Waals surface area contributed by atoms with Crippen molar-refractivity contribution in [2.45, 2.75) is 5.88 Å². The first-order valence-electron chi connectivity index (χ1n) is 5.69. The van der Waals surface area contributed by atoms with E-state index in [4.69, 9.17) is 23.2 Å². The van der Waals surface area contributed by atoms with Gasteiger partial charge in [-0.3, -0.25) is 4.57 Å². The number of alkyl halides is 1. The highest BCUT2D eigenvalue weighted by Gasteiger charge is 2.16. The van der Waals surface area contributed by atoms with E-state index in [1.54, 1.807) is 34.9 Å². The molecule has 96 valence electrons. The summed E-state index contributed by atoms with van der Waals surface area (Å²) in [4.78, 5) is 4.39. The van der Waals surface area contributed by atoms with Gasteiger partial charge in [-0.1, -0.05) is 29.8 Å². The summed E-state index contributed by atoms with van der Waals surface area (Å²) in [5.41, 5.74) is 1.77. The fourth-order valence-corrected chi connectivity index (χ4v) is 2.55. The maximum Gasteiger partial charge on any atom is 0.147 e. The molecule has 0 unspecified atom stereocenters. The molecule has 5 heteroatoms. The molecular weight excluding hydrogens is 286 g/mol. The first-order valence-corrected chi connectivity index (χ1v) is 6.60. The van der Waals surface area contributed by atoms with Gasteiger partial charge in [0.2, 0.25) is 0 Å². The molecule has 0 atom stereocenters. The summed E-state index contributed by atoms with van der Waals surface area (Å²) in [6.45, 7) is 0. The van der Waals surface area contributed by atoms with Gasteiger partial charge in [0.25, 0.3) is 0 Å². The van der Waals surface area contributed by atoms with Crippen LogP contribution in [0.15, 0.2) is 42.5 Å². The summed E-state index contributed by atoms with van der Waals surface area (Å²) in [6.07, 6.45) is 0. The molecule has 0 fully saturated rings. The van der Waals surface area contributed by atoms with Crippen molar-refractivity contribution in [1.29, 1.82) is 0 Å². The summed E-state index contributed by atoms with van der Waals surface area (Å²) < 4.78 is 15.7. The van der Waals surface area contributed by atoms with E-state index in [0.717, 1.165) is 0 Å². The summed E-state index contributed by atoms with van der Waals surface area (Å²) in [5, 5.41) is 0.518. The predicted octanol–water partition coefficient (Wildman–Crippen LogP) is 4.56. The molecule has 1 heterocycles. The first-order chi connectivity index (χ1) is 9.22. The zero-order chi connectivity index (χ0) is 13.4. The fraction of sp³-hybridized carbons (Fsp3) is 0.0714. The van der Waals surface area contributed by atoms with Gasteiger partial charge in [-0.2, -0.15) is 0 Å². The Hall–Kier alpha value is -1.58. The van der Waals surface area contributed by atoms with Crippen molar-refractivity contribution in [3.8, 4) is 5.69 Å². The minimum atomic E-state index is -0.340. The van der Waals surface area contributed by atoms with Crippen molar-refractivity contribution < 1.29 is 4.39 Å². The molecule has 2 nitrogen and oxygen atoms in total. The predicted molar refractivity (Wildman–Crippen MR) is 75.6 cm³/mol. The van der Waals surface area contributed by atoms with Gasteiger partial charge >= 0.3 is 0 Å². The van der Waals surface area contributed by atoms with Gasteiger partial charge in [0.05, 0.1) is 27.6 Å². The number of para-hydroxylation sites is 2. The number of fused-ring (bicyclic) bond motifs is 1. The SMILES string of the molecule is Fc1ccccc1-n1c(CCl)nc2cccc(Cl)c21. The maximum absolute atomic E-state index is 14.0.